The third-order valence-electron chi connectivity index (χ3n) is 10.9. The first-order valence-electron chi connectivity index (χ1n) is 17.8. The number of benzene rings is 2. The Morgan fingerprint density at radius 2 is 1.73 bits per heavy atom. The van der Waals surface area contributed by atoms with E-state index in [0.29, 0.717) is 28.6 Å². The number of anilines is 1. The van der Waals surface area contributed by atoms with Crippen LogP contribution in [0.3, 0.4) is 0 Å². The van der Waals surface area contributed by atoms with Crippen LogP contribution < -0.4 is 4.90 Å². The number of carbonyl (C=O) groups excluding carboxylic acids is 4. The van der Waals surface area contributed by atoms with Crippen molar-refractivity contribution in [2.45, 2.75) is 89.8 Å². The van der Waals surface area contributed by atoms with Crippen LogP contribution in [0, 0.1) is 31.6 Å². The van der Waals surface area contributed by atoms with Crippen LogP contribution in [0.4, 0.5) is 5.69 Å². The van der Waals surface area contributed by atoms with Gasteiger partial charge in [0, 0.05) is 30.2 Å². The van der Waals surface area contributed by atoms with Crippen LogP contribution in [0.1, 0.15) is 62.8 Å². The number of rotatable bonds is 6. The molecule has 0 radical (unpaired) electrons. The van der Waals surface area contributed by atoms with Gasteiger partial charge in [-0.1, -0.05) is 84.4 Å². The first-order valence-corrected chi connectivity index (χ1v) is 18.6. The maximum absolute atomic E-state index is 15.3. The molecule has 0 unspecified atom stereocenters. The number of aliphatic hydroxyl groups excluding tert-OH is 1. The fourth-order valence-corrected chi connectivity index (χ4v) is 9.02. The van der Waals surface area contributed by atoms with Crippen LogP contribution in [-0.4, -0.2) is 88.6 Å². The third-order valence-corrected chi connectivity index (χ3v) is 11.6. The zero-order valence-corrected chi connectivity index (χ0v) is 31.7. The SMILES string of the molecule is Cc1ccc(C)c(N2C/C=C\CCC(=O)N(C)[C@@H](C)[C@H](c3ccccc3)OC(=O)[C@H]3[C@@H]4O[C@@]5(C=C4Br)[C@@H]3C(=O)N([C@@H](CO)CC(C)C)[C@@H]5C2=O)c1. The molecule has 11 heteroatoms. The Bertz CT molecular complexity index is 1740. The van der Waals surface area contributed by atoms with E-state index in [1.165, 1.54) is 4.90 Å². The zero-order valence-electron chi connectivity index (χ0n) is 30.1. The van der Waals surface area contributed by atoms with Crippen molar-refractivity contribution in [3.05, 3.63) is 87.9 Å². The van der Waals surface area contributed by atoms with Crippen LogP contribution in [0.2, 0.25) is 0 Å². The number of amides is 3. The maximum atomic E-state index is 15.3. The van der Waals surface area contributed by atoms with Gasteiger partial charge in [0.05, 0.1) is 24.6 Å². The van der Waals surface area contributed by atoms with Crippen LogP contribution in [0.15, 0.2) is 71.2 Å². The Morgan fingerprint density at radius 3 is 2.41 bits per heavy atom. The minimum atomic E-state index is -1.50. The molecule has 2 saturated heterocycles. The van der Waals surface area contributed by atoms with Crippen LogP contribution in [-0.2, 0) is 28.7 Å². The van der Waals surface area contributed by atoms with Gasteiger partial charge in [0.25, 0.3) is 5.91 Å². The number of ether oxygens (including phenoxy) is 2. The Hall–Kier alpha value is -3.80. The molecule has 51 heavy (non-hydrogen) atoms. The van der Waals surface area contributed by atoms with E-state index in [-0.39, 0.29) is 37.3 Å². The van der Waals surface area contributed by atoms with Gasteiger partial charge in [-0.2, -0.15) is 0 Å². The van der Waals surface area contributed by atoms with E-state index in [1.54, 1.807) is 22.9 Å². The number of halogens is 1. The standard InChI is InChI=1S/C40H48BrN3O7/c1-23(2)19-28(22-45)44-36-38(48)43(30-20-24(3)16-17-25(30)4)18-12-8-11-15-31(46)42(6)26(5)34(27-13-9-7-10-14-27)50-39(49)32-33(37(44)47)40(36)21-29(41)35(32)51-40/h7-10,12-14,16-17,20-21,23,26,28,32-36,45H,11,15,18-19,22H2,1-6H3/b12-8-/t26-,28+,32+,33-,34+,35+,36+,40-/m0/s1. The van der Waals surface area contributed by atoms with Crippen molar-refractivity contribution in [1.82, 2.24) is 9.80 Å². The first-order chi connectivity index (χ1) is 24.3. The second-order valence-electron chi connectivity index (χ2n) is 14.8. The molecule has 1 N–H and O–H groups in total. The van der Waals surface area contributed by atoms with Crippen LogP contribution >= 0.6 is 15.9 Å². The summed E-state index contributed by atoms with van der Waals surface area (Å²) in [6.07, 6.45) is 4.96. The molecule has 272 valence electrons. The summed E-state index contributed by atoms with van der Waals surface area (Å²) in [5.74, 6) is -3.64. The largest absolute Gasteiger partial charge is 0.455 e. The highest BCUT2D eigenvalue weighted by Crippen LogP contribution is 2.59. The van der Waals surface area contributed by atoms with Crippen molar-refractivity contribution in [1.29, 1.82) is 0 Å². The summed E-state index contributed by atoms with van der Waals surface area (Å²) in [7, 11) is 1.71. The molecule has 2 aromatic rings. The molecule has 0 saturated carbocycles. The van der Waals surface area contributed by atoms with Crippen molar-refractivity contribution in [2.24, 2.45) is 17.8 Å². The van der Waals surface area contributed by atoms with E-state index >= 15 is 4.79 Å². The average Bonchev–Trinajstić information content (AvgIpc) is 3.70. The monoisotopic (exact) mass is 761 g/mol. The number of esters is 1. The molecular weight excluding hydrogens is 714 g/mol. The molecule has 3 amide bonds. The summed E-state index contributed by atoms with van der Waals surface area (Å²) in [5.41, 5.74) is 1.71. The molecular formula is C40H48BrN3O7. The molecule has 2 fully saturated rings. The minimum Gasteiger partial charge on any atom is -0.455 e. The summed E-state index contributed by atoms with van der Waals surface area (Å²) < 4.78 is 13.7. The second-order valence-corrected chi connectivity index (χ2v) is 15.7. The lowest BCUT2D eigenvalue weighted by molar-refractivity contribution is -0.164. The Labute approximate surface area is 308 Å². The van der Waals surface area contributed by atoms with Gasteiger partial charge in [0.1, 0.15) is 29.8 Å². The number of likely N-dealkylation sites (tertiary alicyclic amines) is 1. The molecule has 5 bridgehead atoms. The third kappa shape index (κ3) is 6.57. The number of cyclic esters (lactones) is 1. The fourth-order valence-electron chi connectivity index (χ4n) is 8.29. The Morgan fingerprint density at radius 1 is 1.00 bits per heavy atom. The number of fused-ring (bicyclic) bond motifs is 2. The summed E-state index contributed by atoms with van der Waals surface area (Å²) in [5, 5.41) is 10.8. The maximum Gasteiger partial charge on any atom is 0.313 e. The molecule has 2 aromatic carbocycles. The molecule has 0 aromatic heterocycles. The summed E-state index contributed by atoms with van der Waals surface area (Å²) in [6.45, 7) is 9.55. The smallest absolute Gasteiger partial charge is 0.313 e. The number of allylic oxidation sites excluding steroid dienone is 1. The highest BCUT2D eigenvalue weighted by molar-refractivity contribution is 9.11. The Kier molecular flexibility index (Phi) is 10.6. The van der Waals surface area contributed by atoms with Gasteiger partial charge in [-0.25, -0.2) is 0 Å². The molecule has 10 nitrogen and oxygen atoms in total. The van der Waals surface area contributed by atoms with E-state index in [0.717, 1.165) is 11.1 Å². The normalized spacial score (nSPS) is 31.2. The van der Waals surface area contributed by atoms with Gasteiger partial charge in [-0.05, 0) is 68.4 Å². The minimum absolute atomic E-state index is 0.0975. The van der Waals surface area contributed by atoms with Gasteiger partial charge < -0.3 is 29.3 Å². The van der Waals surface area contributed by atoms with E-state index < -0.39 is 59.6 Å². The number of hydrogen-bond acceptors (Lipinski definition) is 7. The van der Waals surface area contributed by atoms with E-state index in [1.807, 2.05) is 95.3 Å². The number of likely N-dealkylation sites (N-methyl/N-ethyl adjacent to an activating group) is 1. The highest BCUT2D eigenvalue weighted by atomic mass is 79.9. The van der Waals surface area contributed by atoms with Gasteiger partial charge in [-0.3, -0.25) is 19.2 Å². The molecule has 0 aliphatic carbocycles. The topological polar surface area (TPSA) is 117 Å². The van der Waals surface area contributed by atoms with Crippen molar-refractivity contribution in [3.63, 3.8) is 0 Å². The summed E-state index contributed by atoms with van der Waals surface area (Å²) >= 11 is 3.64. The van der Waals surface area contributed by atoms with Crippen molar-refractivity contribution in [3.8, 4) is 0 Å². The van der Waals surface area contributed by atoms with Crippen molar-refractivity contribution >= 4 is 45.3 Å². The number of nitrogens with zero attached hydrogens (tertiary/aromatic N) is 3. The van der Waals surface area contributed by atoms with E-state index in [2.05, 4.69) is 15.9 Å². The van der Waals surface area contributed by atoms with Crippen molar-refractivity contribution < 1.29 is 33.8 Å². The van der Waals surface area contributed by atoms with Crippen LogP contribution in [0.25, 0.3) is 0 Å². The lowest BCUT2D eigenvalue weighted by atomic mass is 9.74. The molecule has 1 spiro atoms. The lowest BCUT2D eigenvalue weighted by Gasteiger charge is -2.39. The predicted molar refractivity (Wildman–Crippen MR) is 197 cm³/mol. The number of hydrogen-bond donors (Lipinski definition) is 1. The molecule has 8 atom stereocenters. The Balaban J connectivity index is 1.53. The van der Waals surface area contributed by atoms with E-state index in [4.69, 9.17) is 9.47 Å². The number of aliphatic hydroxyl groups is 1. The fraction of sp³-hybridized carbons (Fsp3) is 0.500. The van der Waals surface area contributed by atoms with Gasteiger partial charge in [0.15, 0.2) is 0 Å². The quantitative estimate of drug-likeness (QED) is 0.310. The van der Waals surface area contributed by atoms with Gasteiger partial charge >= 0.3 is 5.97 Å². The number of carbonyl (C=O) groups is 4. The van der Waals surface area contributed by atoms with Crippen molar-refractivity contribution in [2.75, 3.05) is 25.1 Å². The molecule has 4 aliphatic heterocycles. The lowest BCUT2D eigenvalue weighted by Crippen LogP contribution is -2.59. The summed E-state index contributed by atoms with van der Waals surface area (Å²) in [4.78, 5) is 63.1. The highest BCUT2D eigenvalue weighted by Gasteiger charge is 2.75. The van der Waals surface area contributed by atoms with Gasteiger partial charge in [-0.15, -0.1) is 0 Å². The summed E-state index contributed by atoms with van der Waals surface area (Å²) in [6, 6.07) is 12.7. The second kappa shape index (κ2) is 14.7. The van der Waals surface area contributed by atoms with E-state index in [9.17, 15) is 19.5 Å². The van der Waals surface area contributed by atoms with Gasteiger partial charge in [0.2, 0.25) is 11.8 Å². The zero-order chi connectivity index (χ0) is 36.8. The predicted octanol–water partition coefficient (Wildman–Crippen LogP) is 5.40. The van der Waals surface area contributed by atoms with Crippen LogP contribution in [0.5, 0.6) is 0 Å². The average molecular weight is 763 g/mol. The molecule has 4 aliphatic rings. The molecule has 4 heterocycles. The molecule has 6 rings (SSSR count). The first kappa shape index (κ1) is 37.0. The number of aryl methyl sites for hydroxylation is 2.